The summed E-state index contributed by atoms with van der Waals surface area (Å²) in [5, 5.41) is 17.3. The van der Waals surface area contributed by atoms with Gasteiger partial charge in [0, 0.05) is 17.6 Å². The zero-order chi connectivity index (χ0) is 22.1. The van der Waals surface area contributed by atoms with E-state index >= 15 is 0 Å². The van der Waals surface area contributed by atoms with Crippen LogP contribution in [0.5, 0.6) is 0 Å². The van der Waals surface area contributed by atoms with Crippen molar-refractivity contribution in [2.75, 3.05) is 18.6 Å². The molecule has 0 spiro atoms. The van der Waals surface area contributed by atoms with Gasteiger partial charge in [-0.3, -0.25) is 14.5 Å². The largest absolute Gasteiger partial charge is 0.477 e. The summed E-state index contributed by atoms with van der Waals surface area (Å²) in [6.07, 6.45) is 1.79. The molecule has 0 aromatic carbocycles. The Morgan fingerprint density at radius 1 is 1.52 bits per heavy atom. The SMILES string of the molecule is CO/N=C(\C(=O)NC1C(=O)N2C(C(=O)O)=C(Cc3ccco3)CSC12)c1csc(N)n1. The van der Waals surface area contributed by atoms with Crippen molar-refractivity contribution in [2.24, 2.45) is 5.16 Å². The van der Waals surface area contributed by atoms with E-state index in [1.54, 1.807) is 17.5 Å². The molecule has 162 valence electrons. The lowest BCUT2D eigenvalue weighted by Crippen LogP contribution is -2.71. The van der Waals surface area contributed by atoms with Crippen LogP contribution in [-0.2, 0) is 25.6 Å². The number of aromatic nitrogens is 1. The molecule has 2 amide bonds. The molecule has 4 N–H and O–H groups in total. The number of furan rings is 1. The summed E-state index contributed by atoms with van der Waals surface area (Å²) in [7, 11) is 1.28. The van der Waals surface area contributed by atoms with E-state index in [-0.39, 0.29) is 28.7 Å². The Kier molecular flexibility index (Phi) is 5.69. The van der Waals surface area contributed by atoms with Crippen LogP contribution >= 0.6 is 23.1 Å². The predicted octanol–water partition coefficient (Wildman–Crippen LogP) is 0.650. The molecule has 2 atom stereocenters. The Hall–Kier alpha value is -3.32. The fraction of sp³-hybridized carbons (Fsp3) is 0.278. The highest BCUT2D eigenvalue weighted by Gasteiger charge is 2.54. The summed E-state index contributed by atoms with van der Waals surface area (Å²) in [5.74, 6) is -1.41. The second-order valence-electron chi connectivity index (χ2n) is 6.57. The molecule has 4 heterocycles. The standard InChI is InChI=1S/C18H17N5O6S2/c1-28-22-11(10-7-31-18(19)20-10)14(24)21-12-15(25)23-13(17(26)27)8(6-30-16(12)23)5-9-3-2-4-29-9/h2-4,7,12,16H,5-6H2,1H3,(H2,19,20)(H,21,24)(H,26,27)/b22-11-. The minimum atomic E-state index is -1.20. The quantitative estimate of drug-likeness (QED) is 0.304. The summed E-state index contributed by atoms with van der Waals surface area (Å²) in [6.45, 7) is 0. The van der Waals surface area contributed by atoms with Crippen LogP contribution in [0, 0.1) is 0 Å². The number of carbonyl (C=O) groups is 3. The Labute approximate surface area is 183 Å². The molecule has 2 aliphatic rings. The molecule has 11 nitrogen and oxygen atoms in total. The first-order valence-electron chi connectivity index (χ1n) is 8.96. The van der Waals surface area contributed by atoms with Gasteiger partial charge in [0.15, 0.2) is 10.8 Å². The highest BCUT2D eigenvalue weighted by atomic mass is 32.2. The molecule has 13 heteroatoms. The van der Waals surface area contributed by atoms with Gasteiger partial charge in [-0.15, -0.1) is 23.1 Å². The number of carboxylic acids is 1. The van der Waals surface area contributed by atoms with Crippen LogP contribution in [-0.4, -0.2) is 62.8 Å². The predicted molar refractivity (Wildman–Crippen MR) is 112 cm³/mol. The number of aliphatic carboxylic acids is 1. The van der Waals surface area contributed by atoms with Crippen LogP contribution in [0.3, 0.4) is 0 Å². The highest BCUT2D eigenvalue weighted by Crippen LogP contribution is 2.41. The van der Waals surface area contributed by atoms with Gasteiger partial charge in [-0.05, 0) is 17.7 Å². The van der Waals surface area contributed by atoms with Crippen LogP contribution in [0.25, 0.3) is 0 Å². The van der Waals surface area contributed by atoms with E-state index in [2.05, 4.69) is 15.5 Å². The number of nitrogen functional groups attached to an aromatic ring is 1. The van der Waals surface area contributed by atoms with Crippen molar-refractivity contribution in [1.29, 1.82) is 0 Å². The molecule has 4 rings (SSSR count). The van der Waals surface area contributed by atoms with Gasteiger partial charge in [0.1, 0.15) is 35.7 Å². The summed E-state index contributed by atoms with van der Waals surface area (Å²) < 4.78 is 5.30. The number of nitrogens with zero attached hydrogens (tertiary/aromatic N) is 3. The maximum absolute atomic E-state index is 12.8. The Balaban J connectivity index is 1.53. The number of amides is 2. The summed E-state index contributed by atoms with van der Waals surface area (Å²) >= 11 is 2.50. The topological polar surface area (TPSA) is 160 Å². The zero-order valence-corrected chi connectivity index (χ0v) is 17.7. The number of nitrogens with two attached hydrogens (primary N) is 1. The molecule has 2 aromatic heterocycles. The van der Waals surface area contributed by atoms with Crippen molar-refractivity contribution >= 4 is 51.7 Å². The average Bonchev–Trinajstić information content (AvgIpc) is 3.41. The van der Waals surface area contributed by atoms with Gasteiger partial charge >= 0.3 is 5.97 Å². The molecular weight excluding hydrogens is 446 g/mol. The normalized spacial score (nSPS) is 20.9. The number of thioether (sulfide) groups is 1. The van der Waals surface area contributed by atoms with E-state index in [1.807, 2.05) is 0 Å². The maximum Gasteiger partial charge on any atom is 0.352 e. The third-order valence-electron chi connectivity index (χ3n) is 4.67. The first-order chi connectivity index (χ1) is 14.9. The van der Waals surface area contributed by atoms with Gasteiger partial charge in [0.2, 0.25) is 0 Å². The number of carbonyl (C=O) groups excluding carboxylic acids is 2. The summed E-state index contributed by atoms with van der Waals surface area (Å²) in [4.78, 5) is 47.4. The second-order valence-corrected chi connectivity index (χ2v) is 8.56. The van der Waals surface area contributed by atoms with E-state index in [0.29, 0.717) is 17.1 Å². The molecule has 0 bridgehead atoms. The van der Waals surface area contributed by atoms with E-state index in [1.165, 1.54) is 30.0 Å². The van der Waals surface area contributed by atoms with Gasteiger partial charge in [-0.2, -0.15) is 0 Å². The number of rotatable bonds is 7. The van der Waals surface area contributed by atoms with Gasteiger partial charge in [-0.1, -0.05) is 5.16 Å². The molecule has 2 unspecified atom stereocenters. The number of fused-ring (bicyclic) bond motifs is 1. The molecule has 31 heavy (non-hydrogen) atoms. The molecule has 2 aromatic rings. The van der Waals surface area contributed by atoms with Crippen LogP contribution in [0.4, 0.5) is 5.13 Å². The lowest BCUT2D eigenvalue weighted by molar-refractivity contribution is -0.150. The van der Waals surface area contributed by atoms with Gasteiger partial charge < -0.3 is 25.4 Å². The molecule has 0 saturated carbocycles. The first kappa shape index (κ1) is 20.9. The van der Waals surface area contributed by atoms with E-state index in [0.717, 1.165) is 11.3 Å². The lowest BCUT2D eigenvalue weighted by atomic mass is 10.0. The van der Waals surface area contributed by atoms with Crippen LogP contribution in [0.2, 0.25) is 0 Å². The highest BCUT2D eigenvalue weighted by molar-refractivity contribution is 8.00. The number of carboxylic acid groups (broad SMARTS) is 1. The molecule has 1 fully saturated rings. The fourth-order valence-electron chi connectivity index (χ4n) is 3.34. The Bertz CT molecular complexity index is 1090. The van der Waals surface area contributed by atoms with Gasteiger partial charge in [0.25, 0.3) is 11.8 Å². The number of nitrogens with one attached hydrogen (secondary N) is 1. The number of anilines is 1. The van der Waals surface area contributed by atoms with E-state index < -0.39 is 29.2 Å². The van der Waals surface area contributed by atoms with Crippen molar-refractivity contribution in [3.63, 3.8) is 0 Å². The smallest absolute Gasteiger partial charge is 0.352 e. The molecule has 2 aliphatic heterocycles. The minimum absolute atomic E-state index is 0.0753. The minimum Gasteiger partial charge on any atom is -0.477 e. The number of oxime groups is 1. The van der Waals surface area contributed by atoms with Crippen LogP contribution in [0.15, 0.2) is 44.6 Å². The molecule has 0 radical (unpaired) electrons. The Morgan fingerprint density at radius 3 is 2.94 bits per heavy atom. The van der Waals surface area contributed by atoms with Crippen molar-refractivity contribution in [3.8, 4) is 0 Å². The Morgan fingerprint density at radius 2 is 2.32 bits per heavy atom. The monoisotopic (exact) mass is 463 g/mol. The van der Waals surface area contributed by atoms with Gasteiger partial charge in [-0.25, -0.2) is 9.78 Å². The zero-order valence-electron chi connectivity index (χ0n) is 16.1. The number of hydrogen-bond acceptors (Lipinski definition) is 10. The molecule has 0 aliphatic carbocycles. The average molecular weight is 463 g/mol. The maximum atomic E-state index is 12.8. The van der Waals surface area contributed by atoms with E-state index in [9.17, 15) is 19.5 Å². The molecule has 1 saturated heterocycles. The number of thiazole rings is 1. The van der Waals surface area contributed by atoms with Crippen LogP contribution in [0.1, 0.15) is 11.5 Å². The number of β-lactam (4-membered cyclic amide) rings is 1. The van der Waals surface area contributed by atoms with Crippen molar-refractivity contribution in [3.05, 3.63) is 46.5 Å². The second kappa shape index (κ2) is 8.43. The van der Waals surface area contributed by atoms with Crippen molar-refractivity contribution < 1.29 is 28.7 Å². The summed E-state index contributed by atoms with van der Waals surface area (Å²) in [6, 6.07) is 2.55. The van der Waals surface area contributed by atoms with Gasteiger partial charge in [0.05, 0.1) is 6.26 Å². The summed E-state index contributed by atoms with van der Waals surface area (Å²) in [5.41, 5.74) is 6.20. The lowest BCUT2D eigenvalue weighted by Gasteiger charge is -2.49. The van der Waals surface area contributed by atoms with Crippen molar-refractivity contribution in [2.45, 2.75) is 17.8 Å². The number of hydrogen-bond donors (Lipinski definition) is 3. The molecular formula is C18H17N5O6S2. The third-order valence-corrected chi connectivity index (χ3v) is 6.68. The van der Waals surface area contributed by atoms with Crippen molar-refractivity contribution in [1.82, 2.24) is 15.2 Å². The van der Waals surface area contributed by atoms with E-state index in [4.69, 9.17) is 15.0 Å². The first-order valence-corrected chi connectivity index (χ1v) is 10.9. The fourth-order valence-corrected chi connectivity index (χ4v) is 5.24. The third kappa shape index (κ3) is 3.88. The van der Waals surface area contributed by atoms with Crippen LogP contribution < -0.4 is 11.1 Å².